The zero-order chi connectivity index (χ0) is 18.6. The van der Waals surface area contributed by atoms with Gasteiger partial charge in [0, 0.05) is 6.07 Å². The molecule has 2 N–H and O–H groups in total. The van der Waals surface area contributed by atoms with Gasteiger partial charge in [0.05, 0.1) is 4.92 Å². The van der Waals surface area contributed by atoms with Crippen LogP contribution in [-0.2, 0) is 9.53 Å². The van der Waals surface area contributed by atoms with E-state index in [1.54, 1.807) is 26.0 Å². The molecule has 2 aromatic rings. The van der Waals surface area contributed by atoms with E-state index in [0.29, 0.717) is 5.56 Å². The highest BCUT2D eigenvalue weighted by Crippen LogP contribution is 2.25. The zero-order valence-corrected chi connectivity index (χ0v) is 13.6. The fraction of sp³-hybridized carbons (Fsp3) is 0.176. The van der Waals surface area contributed by atoms with E-state index in [2.05, 4.69) is 5.32 Å². The van der Waals surface area contributed by atoms with E-state index in [4.69, 9.17) is 4.74 Å². The minimum Gasteiger partial charge on any atom is -0.507 e. The molecule has 0 fully saturated rings. The highest BCUT2D eigenvalue weighted by Gasteiger charge is 2.18. The van der Waals surface area contributed by atoms with Crippen LogP contribution in [-0.4, -0.2) is 28.5 Å². The summed E-state index contributed by atoms with van der Waals surface area (Å²) in [5, 5.41) is 23.1. The second-order valence-electron chi connectivity index (χ2n) is 5.42. The number of anilines is 1. The maximum atomic E-state index is 11.9. The summed E-state index contributed by atoms with van der Waals surface area (Å²) in [5.41, 5.74) is 1.12. The summed E-state index contributed by atoms with van der Waals surface area (Å²) in [4.78, 5) is 34.2. The molecule has 0 aliphatic rings. The third-order valence-electron chi connectivity index (χ3n) is 3.33. The molecular formula is C17H16N2O6. The molecule has 0 spiro atoms. The van der Waals surface area contributed by atoms with Crippen molar-refractivity contribution in [2.45, 2.75) is 13.8 Å². The molecule has 2 aromatic carbocycles. The number of nitrogens with zero attached hydrogens (tertiary/aromatic N) is 1. The Morgan fingerprint density at radius 2 is 1.80 bits per heavy atom. The van der Waals surface area contributed by atoms with Crippen molar-refractivity contribution >= 4 is 23.3 Å². The van der Waals surface area contributed by atoms with Crippen LogP contribution in [0.25, 0.3) is 0 Å². The van der Waals surface area contributed by atoms with Gasteiger partial charge in [0.2, 0.25) is 0 Å². The third-order valence-corrected chi connectivity index (χ3v) is 3.33. The molecule has 8 heteroatoms. The molecule has 8 nitrogen and oxygen atoms in total. The number of carbonyl (C=O) groups excluding carboxylic acids is 2. The minimum absolute atomic E-state index is 0.00910. The standard InChI is InChI=1S/C17H16N2O6/c1-10-4-6-13(14(7-10)19(23)24)18-16(21)9-25-17(22)12-5-3-11(2)8-15(12)20/h3-8,20H,9H2,1-2H3,(H,18,21). The number of rotatable bonds is 5. The number of hydrogen-bond acceptors (Lipinski definition) is 6. The molecule has 130 valence electrons. The van der Waals surface area contributed by atoms with Crippen molar-refractivity contribution in [3.8, 4) is 5.75 Å². The lowest BCUT2D eigenvalue weighted by molar-refractivity contribution is -0.384. The topological polar surface area (TPSA) is 119 Å². The number of hydrogen-bond donors (Lipinski definition) is 2. The molecule has 0 heterocycles. The lowest BCUT2D eigenvalue weighted by atomic mass is 10.1. The Balaban J connectivity index is 2.01. The van der Waals surface area contributed by atoms with Gasteiger partial charge in [-0.25, -0.2) is 4.79 Å². The fourth-order valence-corrected chi connectivity index (χ4v) is 2.11. The Morgan fingerprint density at radius 3 is 2.44 bits per heavy atom. The quantitative estimate of drug-likeness (QED) is 0.489. The number of carbonyl (C=O) groups is 2. The summed E-state index contributed by atoms with van der Waals surface area (Å²) < 4.78 is 4.83. The molecule has 2 rings (SSSR count). The summed E-state index contributed by atoms with van der Waals surface area (Å²) in [6.45, 7) is 2.79. The van der Waals surface area contributed by atoms with Gasteiger partial charge in [-0.15, -0.1) is 0 Å². The summed E-state index contributed by atoms with van der Waals surface area (Å²) in [6, 6.07) is 8.73. The molecule has 0 aliphatic carbocycles. The van der Waals surface area contributed by atoms with Gasteiger partial charge in [0.1, 0.15) is 17.0 Å². The first-order valence-electron chi connectivity index (χ1n) is 7.29. The van der Waals surface area contributed by atoms with Crippen LogP contribution in [0, 0.1) is 24.0 Å². The molecule has 1 amide bonds. The number of phenols is 1. The fourth-order valence-electron chi connectivity index (χ4n) is 2.11. The van der Waals surface area contributed by atoms with Crippen LogP contribution in [0.5, 0.6) is 5.75 Å². The molecule has 0 atom stereocenters. The average Bonchev–Trinajstić information content (AvgIpc) is 2.54. The molecule has 0 saturated carbocycles. The number of aromatic hydroxyl groups is 1. The number of esters is 1. The first-order valence-corrected chi connectivity index (χ1v) is 7.29. The number of nitro groups is 1. The Hall–Kier alpha value is -3.42. The molecular weight excluding hydrogens is 328 g/mol. The first-order chi connectivity index (χ1) is 11.8. The van der Waals surface area contributed by atoms with Gasteiger partial charge in [-0.2, -0.15) is 0 Å². The predicted molar refractivity (Wildman–Crippen MR) is 89.6 cm³/mol. The van der Waals surface area contributed by atoms with Crippen LogP contribution in [0.15, 0.2) is 36.4 Å². The largest absolute Gasteiger partial charge is 0.507 e. The lowest BCUT2D eigenvalue weighted by Crippen LogP contribution is -2.21. The van der Waals surface area contributed by atoms with Crippen molar-refractivity contribution in [1.82, 2.24) is 0 Å². The Labute approximate surface area is 143 Å². The number of aryl methyl sites for hydroxylation is 2. The normalized spacial score (nSPS) is 10.2. The maximum Gasteiger partial charge on any atom is 0.342 e. The SMILES string of the molecule is Cc1ccc(C(=O)OCC(=O)Nc2ccc(C)cc2[N+](=O)[O-])c(O)c1. The van der Waals surface area contributed by atoms with Crippen LogP contribution >= 0.6 is 0 Å². The first kappa shape index (κ1) is 17.9. The molecule has 0 saturated heterocycles. The van der Waals surface area contributed by atoms with Gasteiger partial charge >= 0.3 is 5.97 Å². The average molecular weight is 344 g/mol. The van der Waals surface area contributed by atoms with Crippen LogP contribution in [0.1, 0.15) is 21.5 Å². The smallest absolute Gasteiger partial charge is 0.342 e. The number of amides is 1. The second-order valence-corrected chi connectivity index (χ2v) is 5.42. The van der Waals surface area contributed by atoms with Crippen molar-refractivity contribution in [3.63, 3.8) is 0 Å². The summed E-state index contributed by atoms with van der Waals surface area (Å²) in [5.74, 6) is -1.85. The maximum absolute atomic E-state index is 11.9. The molecule has 0 unspecified atom stereocenters. The second kappa shape index (κ2) is 7.43. The van der Waals surface area contributed by atoms with Crippen molar-refractivity contribution in [1.29, 1.82) is 0 Å². The molecule has 0 aromatic heterocycles. The number of phenolic OH excluding ortho intramolecular Hbond substituents is 1. The summed E-state index contributed by atoms with van der Waals surface area (Å²) in [7, 11) is 0. The molecule has 0 bridgehead atoms. The van der Waals surface area contributed by atoms with Crippen molar-refractivity contribution < 1.29 is 24.4 Å². The van der Waals surface area contributed by atoms with E-state index < -0.39 is 23.4 Å². The van der Waals surface area contributed by atoms with Crippen molar-refractivity contribution in [3.05, 3.63) is 63.2 Å². The minimum atomic E-state index is -0.869. The lowest BCUT2D eigenvalue weighted by Gasteiger charge is -2.08. The summed E-state index contributed by atoms with van der Waals surface area (Å²) in [6.07, 6.45) is 0. The van der Waals surface area contributed by atoms with Crippen LogP contribution in [0.4, 0.5) is 11.4 Å². The number of nitrogens with one attached hydrogen (secondary N) is 1. The zero-order valence-electron chi connectivity index (χ0n) is 13.6. The van der Waals surface area contributed by atoms with E-state index in [1.165, 1.54) is 24.3 Å². The Kier molecular flexibility index (Phi) is 5.33. The van der Waals surface area contributed by atoms with Gasteiger partial charge < -0.3 is 15.2 Å². The van der Waals surface area contributed by atoms with Crippen molar-refractivity contribution in [2.75, 3.05) is 11.9 Å². The number of ether oxygens (including phenoxy) is 1. The van der Waals surface area contributed by atoms with Crippen LogP contribution in [0.3, 0.4) is 0 Å². The van der Waals surface area contributed by atoms with Gasteiger partial charge in [-0.3, -0.25) is 14.9 Å². The Morgan fingerprint density at radius 1 is 1.16 bits per heavy atom. The molecule has 25 heavy (non-hydrogen) atoms. The van der Waals surface area contributed by atoms with Crippen molar-refractivity contribution in [2.24, 2.45) is 0 Å². The van der Waals surface area contributed by atoms with Crippen LogP contribution < -0.4 is 5.32 Å². The Bertz CT molecular complexity index is 847. The van der Waals surface area contributed by atoms with E-state index >= 15 is 0 Å². The van der Waals surface area contributed by atoms with Gasteiger partial charge in [0.25, 0.3) is 11.6 Å². The molecule has 0 aliphatic heterocycles. The highest BCUT2D eigenvalue weighted by molar-refractivity contribution is 5.97. The van der Waals surface area contributed by atoms with E-state index in [1.807, 2.05) is 0 Å². The van der Waals surface area contributed by atoms with Crippen LogP contribution in [0.2, 0.25) is 0 Å². The van der Waals surface area contributed by atoms with E-state index in [9.17, 15) is 24.8 Å². The van der Waals surface area contributed by atoms with Gasteiger partial charge in [0.15, 0.2) is 6.61 Å². The predicted octanol–water partition coefficient (Wildman–Crippen LogP) is 2.71. The molecule has 0 radical (unpaired) electrons. The number of benzene rings is 2. The third kappa shape index (κ3) is 4.54. The van der Waals surface area contributed by atoms with Gasteiger partial charge in [-0.1, -0.05) is 12.1 Å². The number of nitro benzene ring substituents is 1. The highest BCUT2D eigenvalue weighted by atomic mass is 16.6. The van der Waals surface area contributed by atoms with E-state index in [0.717, 1.165) is 5.56 Å². The summed E-state index contributed by atoms with van der Waals surface area (Å²) >= 11 is 0. The van der Waals surface area contributed by atoms with E-state index in [-0.39, 0.29) is 22.7 Å². The monoisotopic (exact) mass is 344 g/mol. The van der Waals surface area contributed by atoms with Gasteiger partial charge in [-0.05, 0) is 43.2 Å².